The average Bonchev–Trinajstić information content (AvgIpc) is 2.90. The molecule has 0 radical (unpaired) electrons. The molecule has 2 aromatic rings. The van der Waals surface area contributed by atoms with Crippen molar-refractivity contribution in [3.05, 3.63) is 41.6 Å². The summed E-state index contributed by atoms with van der Waals surface area (Å²) in [4.78, 5) is 4.61. The summed E-state index contributed by atoms with van der Waals surface area (Å²) in [5.74, 6) is 1.64. The van der Waals surface area contributed by atoms with Gasteiger partial charge >= 0.3 is 0 Å². The first kappa shape index (κ1) is 12.9. The van der Waals surface area contributed by atoms with E-state index in [1.54, 1.807) is 7.11 Å². The summed E-state index contributed by atoms with van der Waals surface area (Å²) >= 11 is 0. The molecule has 4 nitrogen and oxygen atoms in total. The molecular weight excluding hydrogens is 252 g/mol. The first-order chi connectivity index (χ1) is 9.72. The SMILES string of the molecule is COc1ccc(C)nc1-c1cccc2c1O[C@@H](CN)C2. The molecule has 0 fully saturated rings. The number of hydrogen-bond donors (Lipinski definition) is 1. The maximum absolute atomic E-state index is 5.96. The molecule has 0 bridgehead atoms. The highest BCUT2D eigenvalue weighted by Gasteiger charge is 2.26. The van der Waals surface area contributed by atoms with Crippen LogP contribution >= 0.6 is 0 Å². The zero-order chi connectivity index (χ0) is 14.1. The van der Waals surface area contributed by atoms with Crippen molar-refractivity contribution in [1.29, 1.82) is 0 Å². The van der Waals surface area contributed by atoms with Crippen LogP contribution in [0.3, 0.4) is 0 Å². The third kappa shape index (κ3) is 2.12. The Hall–Kier alpha value is -2.07. The lowest BCUT2D eigenvalue weighted by Gasteiger charge is -2.13. The largest absolute Gasteiger partial charge is 0.494 e. The van der Waals surface area contributed by atoms with E-state index in [-0.39, 0.29) is 6.10 Å². The highest BCUT2D eigenvalue weighted by atomic mass is 16.5. The van der Waals surface area contributed by atoms with Crippen molar-refractivity contribution in [3.63, 3.8) is 0 Å². The van der Waals surface area contributed by atoms with E-state index in [0.717, 1.165) is 34.9 Å². The Morgan fingerprint density at radius 1 is 1.35 bits per heavy atom. The van der Waals surface area contributed by atoms with Crippen LogP contribution in [0.15, 0.2) is 30.3 Å². The number of ether oxygens (including phenoxy) is 2. The van der Waals surface area contributed by atoms with Crippen LogP contribution in [0.25, 0.3) is 11.3 Å². The Balaban J connectivity index is 2.13. The second-order valence-corrected chi connectivity index (χ2v) is 4.98. The molecule has 1 aromatic carbocycles. The molecule has 0 saturated heterocycles. The van der Waals surface area contributed by atoms with Gasteiger partial charge in [-0.3, -0.25) is 0 Å². The van der Waals surface area contributed by atoms with Crippen molar-refractivity contribution in [2.45, 2.75) is 19.4 Å². The Morgan fingerprint density at radius 2 is 2.20 bits per heavy atom. The molecule has 2 N–H and O–H groups in total. The van der Waals surface area contributed by atoms with Gasteiger partial charge in [0.05, 0.1) is 7.11 Å². The fraction of sp³-hybridized carbons (Fsp3) is 0.312. The lowest BCUT2D eigenvalue weighted by molar-refractivity contribution is 0.242. The van der Waals surface area contributed by atoms with E-state index >= 15 is 0 Å². The van der Waals surface area contributed by atoms with Gasteiger partial charge in [-0.1, -0.05) is 12.1 Å². The van der Waals surface area contributed by atoms with Crippen LogP contribution in [-0.4, -0.2) is 24.7 Å². The number of benzene rings is 1. The molecule has 2 heterocycles. The molecule has 1 aliphatic rings. The number of para-hydroxylation sites is 1. The third-order valence-corrected chi connectivity index (χ3v) is 3.56. The van der Waals surface area contributed by atoms with Crippen LogP contribution in [0.2, 0.25) is 0 Å². The summed E-state index contributed by atoms with van der Waals surface area (Å²) in [7, 11) is 1.66. The smallest absolute Gasteiger partial charge is 0.145 e. The molecule has 20 heavy (non-hydrogen) atoms. The molecule has 0 aliphatic carbocycles. The predicted octanol–water partition coefficient (Wildman–Crippen LogP) is 2.33. The van der Waals surface area contributed by atoms with E-state index < -0.39 is 0 Å². The Labute approximate surface area is 118 Å². The molecule has 0 spiro atoms. The number of aryl methyl sites for hydroxylation is 1. The highest BCUT2D eigenvalue weighted by Crippen LogP contribution is 2.41. The molecular formula is C16H18N2O2. The minimum Gasteiger partial charge on any atom is -0.494 e. The van der Waals surface area contributed by atoms with E-state index in [2.05, 4.69) is 11.1 Å². The fourth-order valence-electron chi connectivity index (χ4n) is 2.56. The van der Waals surface area contributed by atoms with Crippen LogP contribution in [0.5, 0.6) is 11.5 Å². The second kappa shape index (κ2) is 5.13. The Morgan fingerprint density at radius 3 is 2.95 bits per heavy atom. The monoisotopic (exact) mass is 270 g/mol. The normalized spacial score (nSPS) is 16.6. The molecule has 1 aromatic heterocycles. The van der Waals surface area contributed by atoms with Crippen molar-refractivity contribution in [2.24, 2.45) is 5.73 Å². The summed E-state index contributed by atoms with van der Waals surface area (Å²) in [6.45, 7) is 2.49. The van der Waals surface area contributed by atoms with Gasteiger partial charge in [0.15, 0.2) is 0 Å². The maximum Gasteiger partial charge on any atom is 0.145 e. The molecule has 104 valence electrons. The van der Waals surface area contributed by atoms with Crippen molar-refractivity contribution in [1.82, 2.24) is 4.98 Å². The molecule has 1 aliphatic heterocycles. The van der Waals surface area contributed by atoms with E-state index in [0.29, 0.717) is 6.54 Å². The summed E-state index contributed by atoms with van der Waals surface area (Å²) < 4.78 is 11.4. The molecule has 4 heteroatoms. The van der Waals surface area contributed by atoms with E-state index in [9.17, 15) is 0 Å². The van der Waals surface area contributed by atoms with E-state index in [1.165, 1.54) is 5.56 Å². The number of hydrogen-bond acceptors (Lipinski definition) is 4. The highest BCUT2D eigenvalue weighted by molar-refractivity contribution is 5.74. The van der Waals surface area contributed by atoms with Crippen molar-refractivity contribution in [2.75, 3.05) is 13.7 Å². The quantitative estimate of drug-likeness (QED) is 0.930. The van der Waals surface area contributed by atoms with Gasteiger partial charge in [-0.05, 0) is 30.7 Å². The summed E-state index contributed by atoms with van der Waals surface area (Å²) in [6.07, 6.45) is 0.912. The first-order valence-corrected chi connectivity index (χ1v) is 6.73. The number of fused-ring (bicyclic) bond motifs is 1. The minimum atomic E-state index is 0.0574. The summed E-state index contributed by atoms with van der Waals surface area (Å²) in [6, 6.07) is 10.0. The van der Waals surface area contributed by atoms with E-state index in [4.69, 9.17) is 15.2 Å². The summed E-state index contributed by atoms with van der Waals surface area (Å²) in [5, 5.41) is 0. The average molecular weight is 270 g/mol. The zero-order valence-electron chi connectivity index (χ0n) is 11.7. The van der Waals surface area contributed by atoms with Crippen LogP contribution in [0.1, 0.15) is 11.3 Å². The van der Waals surface area contributed by atoms with Gasteiger partial charge in [-0.25, -0.2) is 4.98 Å². The number of aromatic nitrogens is 1. The molecule has 0 unspecified atom stereocenters. The standard InChI is InChI=1S/C16H18N2O2/c1-10-6-7-14(19-2)15(18-10)13-5-3-4-11-8-12(9-17)20-16(11)13/h3-7,12H,8-9,17H2,1-2H3/t12-/m1/s1. The van der Waals surface area contributed by atoms with Crippen LogP contribution < -0.4 is 15.2 Å². The van der Waals surface area contributed by atoms with Gasteiger partial charge in [-0.2, -0.15) is 0 Å². The van der Waals surface area contributed by atoms with Crippen LogP contribution in [0.4, 0.5) is 0 Å². The fourth-order valence-corrected chi connectivity index (χ4v) is 2.56. The third-order valence-electron chi connectivity index (χ3n) is 3.56. The number of rotatable bonds is 3. The predicted molar refractivity (Wildman–Crippen MR) is 78.1 cm³/mol. The number of nitrogens with two attached hydrogens (primary N) is 1. The lowest BCUT2D eigenvalue weighted by atomic mass is 10.0. The van der Waals surface area contributed by atoms with Gasteiger partial charge in [0.2, 0.25) is 0 Å². The van der Waals surface area contributed by atoms with E-state index in [1.807, 2.05) is 31.2 Å². The zero-order valence-corrected chi connectivity index (χ0v) is 11.7. The van der Waals surface area contributed by atoms with Gasteiger partial charge in [-0.15, -0.1) is 0 Å². The van der Waals surface area contributed by atoms with Crippen LogP contribution in [0, 0.1) is 6.92 Å². The first-order valence-electron chi connectivity index (χ1n) is 6.73. The van der Waals surface area contributed by atoms with Gasteiger partial charge in [0.25, 0.3) is 0 Å². The number of pyridine rings is 1. The van der Waals surface area contributed by atoms with Gasteiger partial charge < -0.3 is 15.2 Å². The molecule has 0 amide bonds. The van der Waals surface area contributed by atoms with Crippen LogP contribution in [-0.2, 0) is 6.42 Å². The second-order valence-electron chi connectivity index (χ2n) is 4.98. The van der Waals surface area contributed by atoms with Crippen molar-refractivity contribution in [3.8, 4) is 22.8 Å². The van der Waals surface area contributed by atoms with Gasteiger partial charge in [0.1, 0.15) is 23.3 Å². The number of methoxy groups -OCH3 is 1. The van der Waals surface area contributed by atoms with Crippen molar-refractivity contribution < 1.29 is 9.47 Å². The lowest BCUT2D eigenvalue weighted by Crippen LogP contribution is -2.24. The minimum absolute atomic E-state index is 0.0574. The maximum atomic E-state index is 5.96. The Kier molecular flexibility index (Phi) is 3.32. The Bertz CT molecular complexity index is 640. The van der Waals surface area contributed by atoms with Gasteiger partial charge in [0, 0.05) is 24.2 Å². The summed E-state index contributed by atoms with van der Waals surface area (Å²) in [5.41, 5.74) is 9.64. The van der Waals surface area contributed by atoms with Crippen molar-refractivity contribution >= 4 is 0 Å². The molecule has 1 atom stereocenters. The molecule has 3 rings (SSSR count). The number of nitrogens with zero attached hydrogens (tertiary/aromatic N) is 1. The molecule has 0 saturated carbocycles. The topological polar surface area (TPSA) is 57.4 Å².